The number of benzene rings is 2. The van der Waals surface area contributed by atoms with Crippen molar-refractivity contribution in [3.8, 4) is 5.75 Å². The molecule has 40 heavy (non-hydrogen) atoms. The molecule has 4 rings (SSSR count). The Morgan fingerprint density at radius 3 is 2.33 bits per heavy atom. The second-order valence-electron chi connectivity index (χ2n) is 8.90. The van der Waals surface area contributed by atoms with Gasteiger partial charge in [-0.3, -0.25) is 9.11 Å². The first-order valence-electron chi connectivity index (χ1n) is 12.0. The minimum absolute atomic E-state index is 0. The van der Waals surface area contributed by atoms with Gasteiger partial charge in [-0.2, -0.15) is 21.4 Å². The topological polar surface area (TPSA) is 168 Å². The lowest BCUT2D eigenvalue weighted by atomic mass is 10.1. The zero-order chi connectivity index (χ0) is 28.4. The zero-order valence-electron chi connectivity index (χ0n) is 21.3. The lowest BCUT2D eigenvalue weighted by Crippen LogP contribution is -2.36. The van der Waals surface area contributed by atoms with Gasteiger partial charge in [0.1, 0.15) is 0 Å². The summed E-state index contributed by atoms with van der Waals surface area (Å²) in [6.07, 6.45) is 4.45. The van der Waals surface area contributed by atoms with E-state index in [1.807, 2.05) is 6.92 Å². The quantitative estimate of drug-likeness (QED) is 0.217. The van der Waals surface area contributed by atoms with Gasteiger partial charge in [0.25, 0.3) is 25.8 Å². The van der Waals surface area contributed by atoms with E-state index in [0.29, 0.717) is 50.8 Å². The summed E-state index contributed by atoms with van der Waals surface area (Å²) in [4.78, 5) is 1.79. The van der Waals surface area contributed by atoms with Crippen LogP contribution in [0.2, 0.25) is 10.0 Å². The molecule has 15 heteroatoms. The summed E-state index contributed by atoms with van der Waals surface area (Å²) >= 11 is 12.4. The number of halogens is 2. The standard InChI is InChI=1S/C25H26Cl2N2O8S2.H2O/c1-2-17(13-24-28(9-3-11-38(30,31)32)20-15-18(26)5-7-22(20)36-24)14-25-29(10-4-12-39(33,34)35)21-16-19(27)6-8-23(21)37-25;/h5-8,13-16H,2-4,9-12H2,1H3,(H-,30,31,32,33,34,35);1H2. The molecule has 3 aromatic rings. The number of allylic oxidation sites excluding steroid dienone is 2. The molecule has 0 saturated carbocycles. The van der Waals surface area contributed by atoms with Crippen LogP contribution in [-0.4, -0.2) is 49.5 Å². The fourth-order valence-corrected chi connectivity index (χ4v) is 5.52. The molecule has 0 amide bonds. The van der Waals surface area contributed by atoms with Gasteiger partial charge in [0.05, 0.1) is 23.3 Å². The SMILES string of the molecule is CCC(=Cc1oc2ccc(Cl)cc2[n+]1CCCS(=O)(=O)O)C=C1Oc2ccc(Cl)cc2N1CCCS(=O)(=O)O.[OH-]. The molecule has 2 aromatic carbocycles. The van der Waals surface area contributed by atoms with Crippen molar-refractivity contribution in [3.63, 3.8) is 0 Å². The van der Waals surface area contributed by atoms with Gasteiger partial charge in [0.2, 0.25) is 11.5 Å². The Kier molecular flexibility index (Phi) is 10.3. The van der Waals surface area contributed by atoms with Gasteiger partial charge >= 0.3 is 5.89 Å². The van der Waals surface area contributed by atoms with E-state index in [1.165, 1.54) is 0 Å². The van der Waals surface area contributed by atoms with Gasteiger partial charge in [0, 0.05) is 35.2 Å². The number of anilines is 1. The third-order valence-corrected chi connectivity index (χ3v) is 8.06. The van der Waals surface area contributed by atoms with Crippen LogP contribution in [0.15, 0.2) is 58.3 Å². The molecular formula is C25H28Cl2N2O9S2. The molecule has 0 bridgehead atoms. The second kappa shape index (κ2) is 12.9. The first-order valence-corrected chi connectivity index (χ1v) is 16.0. The lowest BCUT2D eigenvalue weighted by Gasteiger charge is -2.18. The number of oxazole rings is 1. The van der Waals surface area contributed by atoms with E-state index in [2.05, 4.69) is 0 Å². The molecular weight excluding hydrogens is 607 g/mol. The van der Waals surface area contributed by atoms with Crippen molar-refractivity contribution >= 4 is 66.3 Å². The number of hydrogen-bond donors (Lipinski definition) is 2. The Morgan fingerprint density at radius 2 is 1.65 bits per heavy atom. The average Bonchev–Trinajstić information content (AvgIpc) is 3.34. The predicted molar refractivity (Wildman–Crippen MR) is 151 cm³/mol. The van der Waals surface area contributed by atoms with Crippen molar-refractivity contribution in [1.29, 1.82) is 0 Å². The number of rotatable bonds is 11. The van der Waals surface area contributed by atoms with Gasteiger partial charge in [0.15, 0.2) is 12.3 Å². The first-order chi connectivity index (χ1) is 18.3. The van der Waals surface area contributed by atoms with Gasteiger partial charge in [-0.15, -0.1) is 0 Å². The molecule has 1 aliphatic rings. The molecule has 1 aromatic heterocycles. The minimum atomic E-state index is -4.13. The van der Waals surface area contributed by atoms with Crippen LogP contribution in [0.4, 0.5) is 5.69 Å². The third-order valence-electron chi connectivity index (χ3n) is 5.98. The molecule has 0 saturated heterocycles. The molecule has 0 radical (unpaired) electrons. The van der Waals surface area contributed by atoms with Crippen molar-refractivity contribution in [2.45, 2.75) is 32.7 Å². The Balaban J connectivity index is 0.00000441. The molecule has 0 atom stereocenters. The Labute approximate surface area is 242 Å². The van der Waals surface area contributed by atoms with Gasteiger partial charge in [-0.05, 0) is 48.7 Å². The van der Waals surface area contributed by atoms with Crippen LogP contribution in [0.3, 0.4) is 0 Å². The van der Waals surface area contributed by atoms with Crippen LogP contribution in [0.5, 0.6) is 5.75 Å². The molecule has 3 N–H and O–H groups in total. The van der Waals surface area contributed by atoms with Gasteiger partial charge < -0.3 is 19.5 Å². The highest BCUT2D eigenvalue weighted by atomic mass is 35.5. The second-order valence-corrected chi connectivity index (χ2v) is 12.9. The summed E-state index contributed by atoms with van der Waals surface area (Å²) < 4.78 is 77.3. The Hall–Kier alpha value is -2.65. The molecule has 0 unspecified atom stereocenters. The zero-order valence-corrected chi connectivity index (χ0v) is 24.5. The number of ether oxygens (including phenoxy) is 1. The maximum absolute atomic E-state index is 11.3. The van der Waals surface area contributed by atoms with Crippen LogP contribution < -0.4 is 14.2 Å². The summed E-state index contributed by atoms with van der Waals surface area (Å²) in [5, 5.41) is 0.966. The summed E-state index contributed by atoms with van der Waals surface area (Å²) in [5.41, 5.74) is 2.67. The Morgan fingerprint density at radius 1 is 1.00 bits per heavy atom. The van der Waals surface area contributed by atoms with E-state index in [0.717, 1.165) is 5.57 Å². The average molecular weight is 636 g/mol. The maximum atomic E-state index is 11.3. The Bertz CT molecular complexity index is 1670. The minimum Gasteiger partial charge on any atom is -0.870 e. The third kappa shape index (κ3) is 8.19. The van der Waals surface area contributed by atoms with E-state index in [-0.39, 0.29) is 31.4 Å². The fourth-order valence-electron chi connectivity index (χ4n) is 4.20. The van der Waals surface area contributed by atoms with Crippen LogP contribution in [0.1, 0.15) is 32.1 Å². The lowest BCUT2D eigenvalue weighted by molar-refractivity contribution is -0.677. The highest BCUT2D eigenvalue weighted by molar-refractivity contribution is 7.86. The van der Waals surface area contributed by atoms with Gasteiger partial charge in [-0.25, -0.2) is 0 Å². The van der Waals surface area contributed by atoms with Crippen molar-refractivity contribution in [3.05, 3.63) is 69.9 Å². The number of hydrogen-bond acceptors (Lipinski definition) is 8. The molecule has 218 valence electrons. The predicted octanol–water partition coefficient (Wildman–Crippen LogP) is 4.94. The molecule has 1 aliphatic heterocycles. The summed E-state index contributed by atoms with van der Waals surface area (Å²) in [6, 6.07) is 10.2. The summed E-state index contributed by atoms with van der Waals surface area (Å²) in [7, 11) is -8.25. The maximum Gasteiger partial charge on any atom is 0.374 e. The number of nitrogens with zero attached hydrogens (tertiary/aromatic N) is 2. The van der Waals surface area contributed by atoms with Gasteiger partial charge in [-0.1, -0.05) is 30.1 Å². The molecule has 0 fully saturated rings. The van der Waals surface area contributed by atoms with Crippen LogP contribution >= 0.6 is 23.2 Å². The first kappa shape index (κ1) is 31.9. The van der Waals surface area contributed by atoms with Crippen LogP contribution in [0.25, 0.3) is 17.2 Å². The van der Waals surface area contributed by atoms with Crippen LogP contribution in [0, 0.1) is 0 Å². The van der Waals surface area contributed by atoms with E-state index >= 15 is 0 Å². The normalized spacial score (nSPS) is 14.9. The van der Waals surface area contributed by atoms with E-state index < -0.39 is 31.7 Å². The highest BCUT2D eigenvalue weighted by Crippen LogP contribution is 2.41. The van der Waals surface area contributed by atoms with Crippen molar-refractivity contribution in [2.75, 3.05) is 23.0 Å². The van der Waals surface area contributed by atoms with E-state index in [4.69, 9.17) is 41.5 Å². The number of fused-ring (bicyclic) bond motifs is 2. The fraction of sp³-hybridized carbons (Fsp3) is 0.320. The largest absolute Gasteiger partial charge is 0.870 e. The summed E-state index contributed by atoms with van der Waals surface area (Å²) in [5.74, 6) is 0.606. The highest BCUT2D eigenvalue weighted by Gasteiger charge is 2.28. The number of aromatic nitrogens is 1. The molecule has 2 heterocycles. The molecule has 0 spiro atoms. The van der Waals surface area contributed by atoms with E-state index in [1.54, 1.807) is 58.0 Å². The van der Waals surface area contributed by atoms with Crippen molar-refractivity contribution in [1.82, 2.24) is 0 Å². The monoisotopic (exact) mass is 634 g/mol. The van der Waals surface area contributed by atoms with Crippen molar-refractivity contribution in [2.24, 2.45) is 0 Å². The van der Waals surface area contributed by atoms with Crippen LogP contribution in [-0.2, 0) is 26.8 Å². The summed E-state index contributed by atoms with van der Waals surface area (Å²) in [6.45, 7) is 2.43. The van der Waals surface area contributed by atoms with Crippen molar-refractivity contribution < 1.29 is 45.1 Å². The smallest absolute Gasteiger partial charge is 0.374 e. The number of aryl methyl sites for hydroxylation is 1. The molecule has 0 aliphatic carbocycles. The molecule has 11 nitrogen and oxygen atoms in total. The van der Waals surface area contributed by atoms with E-state index in [9.17, 15) is 16.8 Å².